The number of nitrogens with zero attached hydrogens (tertiary/aromatic N) is 1. The highest BCUT2D eigenvalue weighted by Gasteiger charge is 2.40. The molecule has 16 heteroatoms. The van der Waals surface area contributed by atoms with Crippen molar-refractivity contribution in [3.63, 3.8) is 0 Å². The molecule has 0 fully saturated rings. The number of benzene rings is 3. The molecular formula is C52H74N4O8S4. The smallest absolute Gasteiger partial charge is 0.410 e. The Morgan fingerprint density at radius 3 is 1.40 bits per heavy atom. The zero-order valence-electron chi connectivity index (χ0n) is 41.2. The number of ketones is 4. The average molecular weight is 1010 g/mol. The lowest BCUT2D eigenvalue weighted by atomic mass is 9.84. The molecule has 3 N–H and O–H groups in total. The Balaban J connectivity index is 0.000000635. The molecule has 374 valence electrons. The lowest BCUT2D eigenvalue weighted by Gasteiger charge is -2.37. The van der Waals surface area contributed by atoms with Gasteiger partial charge in [-0.05, 0) is 57.4 Å². The van der Waals surface area contributed by atoms with E-state index in [2.05, 4.69) is 90.2 Å². The van der Waals surface area contributed by atoms with Gasteiger partial charge >= 0.3 is 6.09 Å². The summed E-state index contributed by atoms with van der Waals surface area (Å²) in [6, 6.07) is 28.1. The molecule has 6 atom stereocenters. The topological polar surface area (TPSA) is 168 Å². The summed E-state index contributed by atoms with van der Waals surface area (Å²) in [6.07, 6.45) is 0.823. The second-order valence-electron chi connectivity index (χ2n) is 17.4. The molecule has 0 aliphatic carbocycles. The lowest BCUT2D eigenvalue weighted by Crippen LogP contribution is -2.47. The van der Waals surface area contributed by atoms with E-state index in [-0.39, 0.29) is 71.1 Å². The normalized spacial score (nSPS) is 14.1. The number of nitrogens with one attached hydrogen (secondary N) is 3. The minimum atomic E-state index is -0.775. The molecular weight excluding hydrogens is 937 g/mol. The summed E-state index contributed by atoms with van der Waals surface area (Å²) in [5, 5.41) is 8.45. The minimum absolute atomic E-state index is 0.0538. The Morgan fingerprint density at radius 1 is 0.588 bits per heavy atom. The summed E-state index contributed by atoms with van der Waals surface area (Å²) in [7, 11) is 3.23. The number of hydrogen-bond acceptors (Lipinski definition) is 13. The molecule has 3 amide bonds. The van der Waals surface area contributed by atoms with Crippen LogP contribution in [0.4, 0.5) is 4.79 Å². The molecule has 0 saturated heterocycles. The lowest BCUT2D eigenvalue weighted by molar-refractivity contribution is -0.133. The van der Waals surface area contributed by atoms with Crippen LogP contribution in [0.5, 0.6) is 0 Å². The SMILES string of the molecule is CCC(=O)[C@@H](CC)NC(=O)[C@@H](CSC(c1ccccc1)(c1ccccc1)c1ccccc1)CC(=O)[C@@H](CC)N(C)C(=O)OC(C)(C)C.CCC(=O)[C@@H](CS)NC(=O)[C@@H](CS)CC(=O)[C@@H](CS)NC. The van der Waals surface area contributed by atoms with Gasteiger partial charge in [0, 0.05) is 55.7 Å². The molecule has 0 saturated carbocycles. The van der Waals surface area contributed by atoms with Crippen LogP contribution >= 0.6 is 49.6 Å². The molecule has 0 radical (unpaired) electrons. The summed E-state index contributed by atoms with van der Waals surface area (Å²) < 4.78 is 4.84. The van der Waals surface area contributed by atoms with Crippen LogP contribution in [0.1, 0.15) is 104 Å². The molecule has 3 aromatic carbocycles. The first-order valence-electron chi connectivity index (χ1n) is 23.3. The molecule has 68 heavy (non-hydrogen) atoms. The third-order valence-electron chi connectivity index (χ3n) is 11.4. The largest absolute Gasteiger partial charge is 0.444 e. The highest BCUT2D eigenvalue weighted by Crippen LogP contribution is 2.49. The molecule has 3 rings (SSSR count). The summed E-state index contributed by atoms with van der Waals surface area (Å²) in [6.45, 7) is 12.5. The Kier molecular flexibility index (Phi) is 26.9. The van der Waals surface area contributed by atoms with Crippen molar-refractivity contribution in [2.75, 3.05) is 37.1 Å². The molecule has 12 nitrogen and oxygen atoms in total. The molecule has 0 bridgehead atoms. The highest BCUT2D eigenvalue weighted by molar-refractivity contribution is 8.00. The van der Waals surface area contributed by atoms with Crippen LogP contribution in [0.2, 0.25) is 0 Å². The standard InChI is InChI=1S/C39H50N2O5S.C13H24N2O3S3/c1-8-32(34(42)10-3)40-36(44)28(26-35(43)33(9-2)41(7)37(45)46-38(4,5)6)27-47-39(29-20-14-11-15-21-29,30-22-16-12-17-23-30)31-24-18-13-19-25-31;1-3-11(16)10(7-21)15-13(18)8(5-19)4-12(17)9(6-20)14-2/h11-25,28,32-33H,8-10,26-27H2,1-7H3,(H,40,44);8-10,14,19-21H,3-7H2,1-2H3,(H,15,18)/t28-,32-,33-;8-,9-,10-/m11/s1. The van der Waals surface area contributed by atoms with Crippen molar-refractivity contribution in [1.82, 2.24) is 20.9 Å². The van der Waals surface area contributed by atoms with Crippen LogP contribution in [0.25, 0.3) is 0 Å². The van der Waals surface area contributed by atoms with Gasteiger partial charge in [0.1, 0.15) is 5.60 Å². The first-order chi connectivity index (χ1) is 32.3. The van der Waals surface area contributed by atoms with E-state index in [9.17, 15) is 33.6 Å². The summed E-state index contributed by atoms with van der Waals surface area (Å²) in [5.74, 6) is -1.37. The van der Waals surface area contributed by atoms with Crippen molar-refractivity contribution in [1.29, 1.82) is 0 Å². The maximum absolute atomic E-state index is 14.1. The van der Waals surface area contributed by atoms with Crippen LogP contribution in [0.3, 0.4) is 0 Å². The van der Waals surface area contributed by atoms with E-state index in [1.807, 2.05) is 68.4 Å². The van der Waals surface area contributed by atoms with Gasteiger partial charge in [-0.25, -0.2) is 4.79 Å². The van der Waals surface area contributed by atoms with Gasteiger partial charge in [-0.2, -0.15) is 37.9 Å². The number of rotatable bonds is 27. The first-order valence-corrected chi connectivity index (χ1v) is 26.2. The molecule has 0 heterocycles. The second-order valence-corrected chi connectivity index (χ2v) is 19.7. The van der Waals surface area contributed by atoms with Gasteiger partial charge in [0.05, 0.1) is 40.8 Å². The molecule has 0 aromatic heterocycles. The van der Waals surface area contributed by atoms with E-state index in [1.165, 1.54) is 4.90 Å². The number of ether oxygens (including phenoxy) is 1. The zero-order valence-corrected chi connectivity index (χ0v) is 44.7. The number of carbonyl (C=O) groups excluding carboxylic acids is 7. The van der Waals surface area contributed by atoms with E-state index >= 15 is 0 Å². The first kappa shape index (κ1) is 60.0. The van der Waals surface area contributed by atoms with Crippen molar-refractivity contribution in [3.05, 3.63) is 108 Å². The van der Waals surface area contributed by atoms with Crippen molar-refractivity contribution in [2.45, 2.75) is 122 Å². The fraction of sp³-hybridized carbons (Fsp3) is 0.519. The predicted octanol–water partition coefficient (Wildman–Crippen LogP) is 8.21. The molecule has 0 aliphatic rings. The van der Waals surface area contributed by atoms with Crippen molar-refractivity contribution >= 4 is 90.7 Å². The van der Waals surface area contributed by atoms with Crippen molar-refractivity contribution < 1.29 is 38.3 Å². The summed E-state index contributed by atoms with van der Waals surface area (Å²) >= 11 is 13.9. The molecule has 0 unspecified atom stereocenters. The zero-order chi connectivity index (χ0) is 51.0. The van der Waals surface area contributed by atoms with Crippen molar-refractivity contribution in [3.8, 4) is 0 Å². The van der Waals surface area contributed by atoms with E-state index in [1.54, 1.807) is 60.5 Å². The van der Waals surface area contributed by atoms with Crippen LogP contribution in [0.15, 0.2) is 91.0 Å². The van der Waals surface area contributed by atoms with Gasteiger partial charge in [-0.15, -0.1) is 11.8 Å². The summed E-state index contributed by atoms with van der Waals surface area (Å²) in [4.78, 5) is 90.8. The fourth-order valence-electron chi connectivity index (χ4n) is 7.47. The van der Waals surface area contributed by atoms with Gasteiger partial charge in [-0.3, -0.25) is 28.8 Å². The average Bonchev–Trinajstić information content (AvgIpc) is 3.34. The number of hydrogen-bond donors (Lipinski definition) is 6. The number of thiol groups is 3. The van der Waals surface area contributed by atoms with Crippen LogP contribution < -0.4 is 16.0 Å². The quantitative estimate of drug-likeness (QED) is 0.0324. The van der Waals surface area contributed by atoms with Crippen LogP contribution in [0, 0.1) is 11.8 Å². The Morgan fingerprint density at radius 2 is 1.01 bits per heavy atom. The van der Waals surface area contributed by atoms with E-state index in [0.717, 1.165) is 16.7 Å². The van der Waals surface area contributed by atoms with Gasteiger partial charge < -0.3 is 25.6 Å². The van der Waals surface area contributed by atoms with Crippen molar-refractivity contribution in [2.24, 2.45) is 11.8 Å². The highest BCUT2D eigenvalue weighted by atomic mass is 32.2. The Bertz CT molecular complexity index is 1960. The number of Topliss-reactive ketones (excluding diaryl/α,β-unsaturated/α-hetero) is 4. The third kappa shape index (κ3) is 18.0. The van der Waals surface area contributed by atoms with Crippen LogP contribution in [-0.2, 0) is 38.3 Å². The molecule has 0 spiro atoms. The maximum Gasteiger partial charge on any atom is 0.410 e. The number of carbonyl (C=O) groups is 7. The van der Waals surface area contributed by atoms with E-state index in [4.69, 9.17) is 4.74 Å². The maximum atomic E-state index is 14.1. The Hall–Kier alpha value is -4.09. The van der Waals surface area contributed by atoms with Gasteiger partial charge in [0.25, 0.3) is 0 Å². The number of thioether (sulfide) groups is 1. The summed E-state index contributed by atoms with van der Waals surface area (Å²) in [5.41, 5.74) is 2.40. The Labute approximate surface area is 425 Å². The third-order valence-corrected chi connectivity index (χ3v) is 14.3. The van der Waals surface area contributed by atoms with Crippen LogP contribution in [-0.4, -0.2) is 113 Å². The van der Waals surface area contributed by atoms with Gasteiger partial charge in [0.2, 0.25) is 11.8 Å². The predicted molar refractivity (Wildman–Crippen MR) is 285 cm³/mol. The molecule has 3 aromatic rings. The van der Waals surface area contributed by atoms with E-state index in [0.29, 0.717) is 31.4 Å². The minimum Gasteiger partial charge on any atom is -0.444 e. The monoisotopic (exact) mass is 1010 g/mol. The number of likely N-dealkylation sites (N-methyl/N-ethyl adjacent to an activating group) is 2. The second kappa shape index (κ2) is 30.5. The van der Waals surface area contributed by atoms with E-state index < -0.39 is 46.4 Å². The van der Waals surface area contributed by atoms with Gasteiger partial charge in [-0.1, -0.05) is 119 Å². The fourth-order valence-corrected chi connectivity index (χ4v) is 10.1. The van der Waals surface area contributed by atoms with Gasteiger partial charge in [0.15, 0.2) is 23.1 Å². The number of amides is 3. The molecule has 0 aliphatic heterocycles.